The molecule has 1 saturated heterocycles. The second-order valence-electron chi connectivity index (χ2n) is 6.35. The van der Waals surface area contributed by atoms with Gasteiger partial charge in [0.2, 0.25) is 12.2 Å². The Morgan fingerprint density at radius 1 is 1.30 bits per heavy atom. The van der Waals surface area contributed by atoms with Crippen LogP contribution < -0.4 is 16.1 Å². The van der Waals surface area contributed by atoms with E-state index in [9.17, 15) is 10.1 Å². The smallest absolute Gasteiger partial charge is 0.287 e. The molecule has 1 aromatic carbocycles. The average Bonchev–Trinajstić information content (AvgIpc) is 3.20. The molecule has 150 valence electrons. The molecule has 1 fully saturated rings. The quantitative estimate of drug-likeness (QED) is 0.373. The largest absolute Gasteiger partial charge is 0.368 e. The fourth-order valence-corrected chi connectivity index (χ4v) is 2.95. The molecule has 0 aliphatic carbocycles. The van der Waals surface area contributed by atoms with Crippen molar-refractivity contribution in [3.63, 3.8) is 0 Å². The van der Waals surface area contributed by atoms with Crippen LogP contribution in [-0.4, -0.2) is 46.5 Å². The third-order valence-corrected chi connectivity index (χ3v) is 4.41. The summed E-state index contributed by atoms with van der Waals surface area (Å²) in [6.07, 6.45) is 4.51. The van der Waals surface area contributed by atoms with Crippen LogP contribution in [0.5, 0.6) is 0 Å². The first-order valence-electron chi connectivity index (χ1n) is 9.09. The van der Waals surface area contributed by atoms with Crippen LogP contribution >= 0.6 is 0 Å². The molecule has 3 N–H and O–H groups in total. The molecule has 30 heavy (non-hydrogen) atoms. The topological polar surface area (TPSA) is 144 Å². The van der Waals surface area contributed by atoms with Crippen molar-refractivity contribution in [3.8, 4) is 6.07 Å². The molecule has 11 nitrogen and oxygen atoms in total. The second kappa shape index (κ2) is 8.27. The highest BCUT2D eigenvalue weighted by atomic mass is 16.6. The molecule has 0 spiro atoms. The zero-order valence-electron chi connectivity index (χ0n) is 15.7. The van der Waals surface area contributed by atoms with E-state index in [-0.39, 0.29) is 12.0 Å². The standard InChI is InChI=1S/C19H17N9O2/c20-11-13-1-3-14(4-2-13)16-7-8-23-19-25-18(26-27(16)19)22-10-9-21-17-6-5-15(12-24-17)28(29)30/h1-8,12,19H,9-10H2,(H,21,24)(H2,22,25,26). The number of hydrogen-bond donors (Lipinski definition) is 3. The number of hydrazine groups is 1. The summed E-state index contributed by atoms with van der Waals surface area (Å²) < 4.78 is 0. The number of nitro groups is 1. The third-order valence-electron chi connectivity index (χ3n) is 4.41. The molecule has 4 rings (SSSR count). The SMILES string of the molecule is N#Cc1ccc(C2=CC=NC3NC(=NCCNc4ccc([N+](=O)[O-])cn4)NN23)cc1. The Labute approximate surface area is 171 Å². The number of nitriles is 1. The van der Waals surface area contributed by atoms with Gasteiger partial charge in [-0.25, -0.2) is 20.0 Å². The van der Waals surface area contributed by atoms with E-state index < -0.39 is 4.92 Å². The second-order valence-corrected chi connectivity index (χ2v) is 6.35. The van der Waals surface area contributed by atoms with E-state index in [1.54, 1.807) is 24.4 Å². The molecular formula is C19H17N9O2. The maximum Gasteiger partial charge on any atom is 0.287 e. The lowest BCUT2D eigenvalue weighted by atomic mass is 10.1. The Hall–Kier alpha value is -4.46. The Kier molecular flexibility index (Phi) is 5.21. The van der Waals surface area contributed by atoms with Crippen LogP contribution in [0.1, 0.15) is 11.1 Å². The highest BCUT2D eigenvalue weighted by molar-refractivity contribution is 5.90. The first kappa shape index (κ1) is 18.9. The summed E-state index contributed by atoms with van der Waals surface area (Å²) in [6, 6.07) is 12.4. The monoisotopic (exact) mass is 403 g/mol. The van der Waals surface area contributed by atoms with Crippen LogP contribution in [0, 0.1) is 21.4 Å². The summed E-state index contributed by atoms with van der Waals surface area (Å²) in [4.78, 5) is 23.0. The minimum Gasteiger partial charge on any atom is -0.368 e. The lowest BCUT2D eigenvalue weighted by molar-refractivity contribution is -0.385. The number of benzene rings is 1. The lowest BCUT2D eigenvalue weighted by Gasteiger charge is -2.26. The zero-order valence-corrected chi connectivity index (χ0v) is 15.7. The molecule has 0 amide bonds. The summed E-state index contributed by atoms with van der Waals surface area (Å²) >= 11 is 0. The van der Waals surface area contributed by atoms with Crippen LogP contribution in [0.15, 0.2) is 58.7 Å². The van der Waals surface area contributed by atoms with Gasteiger partial charge in [-0.05, 0) is 29.8 Å². The average molecular weight is 403 g/mol. The van der Waals surface area contributed by atoms with Gasteiger partial charge in [-0.3, -0.25) is 15.5 Å². The molecule has 2 aromatic rings. The molecule has 1 unspecified atom stereocenters. The number of pyridine rings is 1. The number of aliphatic imine (C=N–C) groups is 2. The predicted molar refractivity (Wildman–Crippen MR) is 111 cm³/mol. The van der Waals surface area contributed by atoms with Gasteiger partial charge in [-0.2, -0.15) is 5.26 Å². The van der Waals surface area contributed by atoms with Crippen molar-refractivity contribution in [1.82, 2.24) is 20.7 Å². The molecule has 0 saturated carbocycles. The van der Waals surface area contributed by atoms with Gasteiger partial charge >= 0.3 is 0 Å². The van der Waals surface area contributed by atoms with Crippen molar-refractivity contribution in [3.05, 3.63) is 69.9 Å². The molecule has 2 aliphatic heterocycles. The summed E-state index contributed by atoms with van der Waals surface area (Å²) in [6.45, 7) is 0.956. The normalized spacial score (nSPS) is 18.1. The minimum absolute atomic E-state index is 0.0523. The fourth-order valence-electron chi connectivity index (χ4n) is 2.95. The zero-order chi connectivity index (χ0) is 20.9. The van der Waals surface area contributed by atoms with Gasteiger partial charge in [0.05, 0.1) is 28.8 Å². The summed E-state index contributed by atoms with van der Waals surface area (Å²) in [5.41, 5.74) is 5.60. The first-order chi connectivity index (χ1) is 14.6. The van der Waals surface area contributed by atoms with Crippen LogP contribution in [0.25, 0.3) is 5.70 Å². The third kappa shape index (κ3) is 4.02. The van der Waals surface area contributed by atoms with Crippen LogP contribution in [-0.2, 0) is 0 Å². The van der Waals surface area contributed by atoms with Gasteiger partial charge < -0.3 is 10.6 Å². The number of fused-ring (bicyclic) bond motifs is 1. The fraction of sp³-hybridized carbons (Fsp3) is 0.158. The highest BCUT2D eigenvalue weighted by Crippen LogP contribution is 2.24. The Morgan fingerprint density at radius 3 is 2.83 bits per heavy atom. The Bertz CT molecular complexity index is 1070. The van der Waals surface area contributed by atoms with Crippen molar-refractivity contribution in [1.29, 1.82) is 5.26 Å². The van der Waals surface area contributed by atoms with Gasteiger partial charge in [-0.1, -0.05) is 12.1 Å². The van der Waals surface area contributed by atoms with Crippen molar-refractivity contribution >= 4 is 29.4 Å². The van der Waals surface area contributed by atoms with E-state index in [0.717, 1.165) is 11.3 Å². The van der Waals surface area contributed by atoms with E-state index >= 15 is 0 Å². The maximum atomic E-state index is 10.7. The molecule has 0 bridgehead atoms. The maximum absolute atomic E-state index is 10.7. The van der Waals surface area contributed by atoms with Crippen molar-refractivity contribution in [2.75, 3.05) is 18.4 Å². The van der Waals surface area contributed by atoms with E-state index in [1.165, 1.54) is 12.3 Å². The lowest BCUT2D eigenvalue weighted by Crippen LogP contribution is -2.38. The molecule has 1 aromatic heterocycles. The first-order valence-corrected chi connectivity index (χ1v) is 9.09. The number of hydrogen-bond acceptors (Lipinski definition) is 8. The number of anilines is 1. The summed E-state index contributed by atoms with van der Waals surface area (Å²) in [5, 5.41) is 27.7. The molecule has 3 heterocycles. The van der Waals surface area contributed by atoms with Crippen LogP contribution in [0.2, 0.25) is 0 Å². The van der Waals surface area contributed by atoms with E-state index in [2.05, 4.69) is 37.1 Å². The molecule has 1 atom stereocenters. The number of allylic oxidation sites excluding steroid dienone is 1. The number of nitrogens with one attached hydrogen (secondary N) is 3. The minimum atomic E-state index is -0.488. The van der Waals surface area contributed by atoms with Gasteiger partial charge in [0.1, 0.15) is 12.0 Å². The van der Waals surface area contributed by atoms with Gasteiger partial charge in [0.25, 0.3) is 5.69 Å². The van der Waals surface area contributed by atoms with Crippen LogP contribution in [0.4, 0.5) is 11.5 Å². The predicted octanol–water partition coefficient (Wildman–Crippen LogP) is 1.45. The van der Waals surface area contributed by atoms with Gasteiger partial charge in [0.15, 0.2) is 0 Å². The van der Waals surface area contributed by atoms with Gasteiger partial charge in [0, 0.05) is 18.8 Å². The molecular weight excluding hydrogens is 386 g/mol. The number of rotatable bonds is 6. The number of nitrogens with zero attached hydrogens (tertiary/aromatic N) is 6. The summed E-state index contributed by atoms with van der Waals surface area (Å²) in [7, 11) is 0. The number of aromatic nitrogens is 1. The van der Waals surface area contributed by atoms with Crippen molar-refractivity contribution in [2.45, 2.75) is 6.29 Å². The van der Waals surface area contributed by atoms with Gasteiger partial charge in [-0.15, -0.1) is 0 Å². The van der Waals surface area contributed by atoms with Crippen LogP contribution in [0.3, 0.4) is 0 Å². The molecule has 2 aliphatic rings. The molecule has 11 heteroatoms. The van der Waals surface area contributed by atoms with E-state index in [0.29, 0.717) is 30.4 Å². The van der Waals surface area contributed by atoms with Crippen molar-refractivity contribution in [2.24, 2.45) is 9.98 Å². The molecule has 0 radical (unpaired) electrons. The summed E-state index contributed by atoms with van der Waals surface area (Å²) in [5.74, 6) is 1.12. The highest BCUT2D eigenvalue weighted by Gasteiger charge is 2.31. The Balaban J connectivity index is 1.34. The Morgan fingerprint density at radius 2 is 2.13 bits per heavy atom. The van der Waals surface area contributed by atoms with E-state index in [1.807, 2.05) is 23.2 Å². The van der Waals surface area contributed by atoms with E-state index in [4.69, 9.17) is 5.26 Å². The number of guanidine groups is 1. The van der Waals surface area contributed by atoms with Crippen molar-refractivity contribution < 1.29 is 4.92 Å².